The third-order valence-electron chi connectivity index (χ3n) is 2.72. The number of carbonyl (C=O) groups excluding carboxylic acids is 1. The van der Waals surface area contributed by atoms with Gasteiger partial charge in [-0.3, -0.25) is 0 Å². The number of rotatable bonds is 8. The minimum atomic E-state index is -0.149. The van der Waals surface area contributed by atoms with E-state index in [0.717, 1.165) is 17.9 Å². The van der Waals surface area contributed by atoms with Gasteiger partial charge >= 0.3 is 6.03 Å². The molecule has 1 aromatic carbocycles. The molecule has 0 aromatic heterocycles. The monoisotopic (exact) mass is 280 g/mol. The van der Waals surface area contributed by atoms with Crippen LogP contribution < -0.4 is 20.1 Å². The molecule has 0 saturated carbocycles. The van der Waals surface area contributed by atoms with Crippen molar-refractivity contribution < 1.29 is 14.3 Å². The Balaban J connectivity index is 2.10. The van der Waals surface area contributed by atoms with Crippen molar-refractivity contribution in [2.24, 2.45) is 5.92 Å². The summed E-state index contributed by atoms with van der Waals surface area (Å²) in [5, 5.41) is 5.56. The van der Waals surface area contributed by atoms with Crippen LogP contribution in [0.15, 0.2) is 24.3 Å². The molecule has 0 radical (unpaired) electrons. The summed E-state index contributed by atoms with van der Waals surface area (Å²) < 4.78 is 10.6. The van der Waals surface area contributed by atoms with E-state index in [-0.39, 0.29) is 6.03 Å². The second kappa shape index (κ2) is 9.07. The molecule has 5 nitrogen and oxygen atoms in total. The van der Waals surface area contributed by atoms with Crippen molar-refractivity contribution in [2.75, 3.05) is 26.8 Å². The second-order valence-corrected chi connectivity index (χ2v) is 4.89. The van der Waals surface area contributed by atoms with E-state index >= 15 is 0 Å². The summed E-state index contributed by atoms with van der Waals surface area (Å²) in [4.78, 5) is 11.4. The summed E-state index contributed by atoms with van der Waals surface area (Å²) >= 11 is 0. The number of hydrogen-bond donors (Lipinski definition) is 2. The number of ether oxygens (including phenoxy) is 2. The normalized spacial score (nSPS) is 10.2. The molecule has 2 N–H and O–H groups in total. The Morgan fingerprint density at radius 2 is 1.70 bits per heavy atom. The van der Waals surface area contributed by atoms with Crippen LogP contribution in [0.1, 0.15) is 20.3 Å². The molecule has 112 valence electrons. The minimum absolute atomic E-state index is 0.149. The topological polar surface area (TPSA) is 59.6 Å². The number of benzene rings is 1. The molecule has 0 spiro atoms. The number of amides is 2. The first-order valence-electron chi connectivity index (χ1n) is 6.90. The number of urea groups is 1. The van der Waals surface area contributed by atoms with Gasteiger partial charge in [0.1, 0.15) is 18.1 Å². The highest BCUT2D eigenvalue weighted by molar-refractivity contribution is 5.73. The quantitative estimate of drug-likeness (QED) is 0.719. The van der Waals surface area contributed by atoms with E-state index in [1.165, 1.54) is 0 Å². The lowest BCUT2D eigenvalue weighted by atomic mass is 10.1. The van der Waals surface area contributed by atoms with Crippen LogP contribution in [0.4, 0.5) is 4.79 Å². The summed E-state index contributed by atoms with van der Waals surface area (Å²) in [5.74, 6) is 2.14. The number of hydrogen-bond acceptors (Lipinski definition) is 3. The molecule has 0 aliphatic heterocycles. The molecule has 20 heavy (non-hydrogen) atoms. The van der Waals surface area contributed by atoms with Gasteiger partial charge in [0, 0.05) is 6.54 Å². The fourth-order valence-corrected chi connectivity index (χ4v) is 1.54. The highest BCUT2D eigenvalue weighted by atomic mass is 16.5. The molecule has 1 rings (SSSR count). The van der Waals surface area contributed by atoms with Gasteiger partial charge in [-0.25, -0.2) is 4.79 Å². The zero-order valence-corrected chi connectivity index (χ0v) is 12.4. The van der Waals surface area contributed by atoms with E-state index in [2.05, 4.69) is 24.5 Å². The van der Waals surface area contributed by atoms with Gasteiger partial charge in [0.15, 0.2) is 0 Å². The van der Waals surface area contributed by atoms with E-state index in [1.807, 2.05) is 24.3 Å². The van der Waals surface area contributed by atoms with Crippen molar-refractivity contribution in [3.63, 3.8) is 0 Å². The van der Waals surface area contributed by atoms with Crippen molar-refractivity contribution >= 4 is 6.03 Å². The zero-order valence-electron chi connectivity index (χ0n) is 12.4. The van der Waals surface area contributed by atoms with E-state index in [4.69, 9.17) is 9.47 Å². The fraction of sp³-hybridized carbons (Fsp3) is 0.533. The highest BCUT2D eigenvalue weighted by Gasteiger charge is 2.00. The van der Waals surface area contributed by atoms with Crippen LogP contribution in [0.5, 0.6) is 11.5 Å². The maximum absolute atomic E-state index is 11.4. The molecule has 1 aromatic rings. The predicted octanol–water partition coefficient (Wildman–Crippen LogP) is 2.42. The van der Waals surface area contributed by atoms with Gasteiger partial charge in [0.05, 0.1) is 13.7 Å². The minimum Gasteiger partial charge on any atom is -0.497 e. The third-order valence-corrected chi connectivity index (χ3v) is 2.72. The molecular formula is C15H24N2O3. The van der Waals surface area contributed by atoms with E-state index in [9.17, 15) is 4.79 Å². The first kappa shape index (κ1) is 16.1. The van der Waals surface area contributed by atoms with Crippen LogP contribution in [-0.2, 0) is 0 Å². The lowest BCUT2D eigenvalue weighted by Crippen LogP contribution is -2.38. The van der Waals surface area contributed by atoms with Gasteiger partial charge < -0.3 is 20.1 Å². The summed E-state index contributed by atoms with van der Waals surface area (Å²) in [6.07, 6.45) is 0.982. The number of methoxy groups -OCH3 is 1. The lowest BCUT2D eigenvalue weighted by molar-refractivity contribution is 0.236. The van der Waals surface area contributed by atoms with Crippen LogP contribution in [-0.4, -0.2) is 32.8 Å². The summed E-state index contributed by atoms with van der Waals surface area (Å²) in [6, 6.07) is 7.19. The molecule has 0 aliphatic rings. The van der Waals surface area contributed by atoms with E-state index in [1.54, 1.807) is 7.11 Å². The predicted molar refractivity (Wildman–Crippen MR) is 79.3 cm³/mol. The highest BCUT2D eigenvalue weighted by Crippen LogP contribution is 2.16. The fourth-order valence-electron chi connectivity index (χ4n) is 1.54. The standard InChI is InChI=1S/C15H24N2O3/c1-12(2)8-9-16-15(18)17-10-11-20-14-6-4-13(19-3)5-7-14/h4-7,12H,8-11H2,1-3H3,(H2,16,17,18). The van der Waals surface area contributed by atoms with Crippen LogP contribution in [0.25, 0.3) is 0 Å². The Kier molecular flexibility index (Phi) is 7.32. The molecule has 0 bridgehead atoms. The van der Waals surface area contributed by atoms with Gasteiger partial charge in [-0.2, -0.15) is 0 Å². The Bertz CT molecular complexity index is 391. The molecule has 0 saturated heterocycles. The molecule has 0 heterocycles. The Morgan fingerprint density at radius 3 is 2.30 bits per heavy atom. The molecule has 0 fully saturated rings. The molecular weight excluding hydrogens is 256 g/mol. The van der Waals surface area contributed by atoms with Gasteiger partial charge in [-0.15, -0.1) is 0 Å². The van der Waals surface area contributed by atoms with Crippen molar-refractivity contribution in [2.45, 2.75) is 20.3 Å². The SMILES string of the molecule is COc1ccc(OCCNC(=O)NCCC(C)C)cc1. The molecule has 0 unspecified atom stereocenters. The van der Waals surface area contributed by atoms with Gasteiger partial charge in [-0.05, 0) is 36.6 Å². The number of nitrogens with one attached hydrogen (secondary N) is 2. The number of carbonyl (C=O) groups is 1. The Morgan fingerprint density at radius 1 is 1.10 bits per heavy atom. The van der Waals surface area contributed by atoms with E-state index < -0.39 is 0 Å². The van der Waals surface area contributed by atoms with Crippen LogP contribution in [0.3, 0.4) is 0 Å². The third kappa shape index (κ3) is 6.87. The van der Waals surface area contributed by atoms with Gasteiger partial charge in [-0.1, -0.05) is 13.8 Å². The summed E-state index contributed by atoms with van der Waals surface area (Å²) in [7, 11) is 1.62. The van der Waals surface area contributed by atoms with Gasteiger partial charge in [0.25, 0.3) is 0 Å². The lowest BCUT2D eigenvalue weighted by Gasteiger charge is -2.10. The second-order valence-electron chi connectivity index (χ2n) is 4.89. The Labute approximate surface area is 120 Å². The first-order valence-corrected chi connectivity index (χ1v) is 6.90. The van der Waals surface area contributed by atoms with Crippen LogP contribution in [0.2, 0.25) is 0 Å². The summed E-state index contributed by atoms with van der Waals surface area (Å²) in [5.41, 5.74) is 0. The molecule has 0 atom stereocenters. The average molecular weight is 280 g/mol. The first-order chi connectivity index (χ1) is 9.61. The van der Waals surface area contributed by atoms with Crippen molar-refractivity contribution in [3.05, 3.63) is 24.3 Å². The van der Waals surface area contributed by atoms with Crippen LogP contribution >= 0.6 is 0 Å². The molecule has 0 aliphatic carbocycles. The maximum atomic E-state index is 11.4. The zero-order chi connectivity index (χ0) is 14.8. The van der Waals surface area contributed by atoms with Gasteiger partial charge in [0.2, 0.25) is 0 Å². The smallest absolute Gasteiger partial charge is 0.314 e. The maximum Gasteiger partial charge on any atom is 0.314 e. The van der Waals surface area contributed by atoms with Crippen LogP contribution in [0, 0.1) is 5.92 Å². The Hall–Kier alpha value is -1.91. The molecule has 2 amide bonds. The van der Waals surface area contributed by atoms with Crippen molar-refractivity contribution in [1.29, 1.82) is 0 Å². The summed E-state index contributed by atoms with van der Waals surface area (Å²) in [6.45, 7) is 5.86. The average Bonchev–Trinajstić information content (AvgIpc) is 2.44. The van der Waals surface area contributed by atoms with E-state index in [0.29, 0.717) is 25.6 Å². The van der Waals surface area contributed by atoms with Crippen molar-refractivity contribution in [1.82, 2.24) is 10.6 Å². The van der Waals surface area contributed by atoms with Crippen molar-refractivity contribution in [3.8, 4) is 11.5 Å². The molecule has 5 heteroatoms. The largest absolute Gasteiger partial charge is 0.497 e.